The number of aliphatic imine (C=N–C) groups is 1. The minimum Gasteiger partial charge on any atom is -0.595 e. The van der Waals surface area contributed by atoms with E-state index in [1.54, 1.807) is 20.8 Å². The van der Waals surface area contributed by atoms with Crippen molar-refractivity contribution in [3.8, 4) is 0 Å². The first kappa shape index (κ1) is 23.6. The van der Waals surface area contributed by atoms with Crippen molar-refractivity contribution in [3.05, 3.63) is 42.8 Å². The Balaban J connectivity index is 0. The molecule has 0 saturated heterocycles. The molecule has 1 aromatic rings. The van der Waals surface area contributed by atoms with Crippen molar-refractivity contribution in [2.45, 2.75) is 39.0 Å². The molecule has 0 saturated carbocycles. The molecule has 0 aromatic heterocycles. The summed E-state index contributed by atoms with van der Waals surface area (Å²) in [7, 11) is 0. The molecule has 0 aliphatic heterocycles. The predicted molar refractivity (Wildman–Crippen MR) is 89.1 cm³/mol. The molecule has 1 radical (unpaired) electrons. The number of carbonyl (C=O) groups excluding carboxylic acids is 1. The Hall–Kier alpha value is -0.687. The van der Waals surface area contributed by atoms with Crippen molar-refractivity contribution >= 4 is 36.0 Å². The van der Waals surface area contributed by atoms with Crippen molar-refractivity contribution in [2.24, 2.45) is 4.99 Å². The van der Waals surface area contributed by atoms with Gasteiger partial charge in [-0.05, 0) is 12.5 Å². The van der Waals surface area contributed by atoms with Gasteiger partial charge in [0.2, 0.25) is 0 Å². The van der Waals surface area contributed by atoms with Gasteiger partial charge in [0.05, 0.1) is 0 Å². The molecule has 0 unspecified atom stereocenters. The molecule has 1 aromatic carbocycles. The molecule has 0 spiro atoms. The summed E-state index contributed by atoms with van der Waals surface area (Å²) >= 11 is 0. The maximum Gasteiger partial charge on any atom is 0.331 e. The van der Waals surface area contributed by atoms with Crippen LogP contribution in [0.5, 0.6) is 0 Å². The monoisotopic (exact) mass is 469 g/mol. The number of nitrogens with zero attached hydrogens (tertiary/aromatic N) is 1. The summed E-state index contributed by atoms with van der Waals surface area (Å²) in [6.07, 6.45) is -0.825. The molecule has 0 bridgehead atoms. The Morgan fingerprint density at radius 1 is 1.32 bits per heavy atom. The fourth-order valence-electron chi connectivity index (χ4n) is 1.29. The van der Waals surface area contributed by atoms with Crippen molar-refractivity contribution in [3.63, 3.8) is 0 Å². The molecule has 0 fully saturated rings. The molecule has 7 heteroatoms. The molecule has 0 N–H and O–H groups in total. The summed E-state index contributed by atoms with van der Waals surface area (Å²) in [6, 6.07) is 8.08. The maximum atomic E-state index is 11.6. The van der Waals surface area contributed by atoms with Crippen molar-refractivity contribution < 1.29 is 38.9 Å². The molecule has 119 valence electrons. The van der Waals surface area contributed by atoms with Crippen molar-refractivity contribution in [2.75, 3.05) is 0 Å². The zero-order valence-electron chi connectivity index (χ0n) is 13.1. The number of hydrogen-bond acceptors (Lipinski definition) is 5. The van der Waals surface area contributed by atoms with Crippen LogP contribution in [0.2, 0.25) is 0 Å². The number of hydrogen-bond donors (Lipinski definition) is 0. The Labute approximate surface area is 161 Å². The van der Waals surface area contributed by atoms with Crippen LogP contribution in [0.3, 0.4) is 0 Å². The number of benzene rings is 1. The number of carbonyl (C=O) groups is 1. The normalized spacial score (nSPS) is 12.5. The zero-order chi connectivity index (χ0) is 15.2. The molecule has 0 aliphatic carbocycles. The Kier molecular flexibility index (Phi) is 11.7. The standard InChI is InChI=1S/C15H20NO4.HI.Zn/c1-11(16-14(18)20-15(2,3)4)13(17)19-10-12-8-6-5-7-9-12;;/h5-9,11H,1,10H2,2-4H3,(H,16,18);1H;/p-1/t11-;;/m0../s1. The van der Waals surface area contributed by atoms with Gasteiger partial charge in [-0.2, -0.15) is 0 Å². The summed E-state index contributed by atoms with van der Waals surface area (Å²) in [5.41, 5.74) is 0.194. The van der Waals surface area contributed by atoms with Crippen LogP contribution in [0, 0.1) is 6.92 Å². The fraction of sp³-hybridized carbons (Fsp3) is 0.400. The van der Waals surface area contributed by atoms with Gasteiger partial charge in [-0.25, -0.2) is 4.79 Å². The molecule has 0 amide bonds. The smallest absolute Gasteiger partial charge is 0.331 e. The van der Waals surface area contributed by atoms with Gasteiger partial charge >= 0.3 is 5.97 Å². The molecule has 1 atom stereocenters. The SMILES string of the molecule is I.[CH2][C@H](N=C([O-])OC(C)(C)C)C(=O)OCc1ccccc1.[Zn]. The Morgan fingerprint density at radius 2 is 1.86 bits per heavy atom. The molecular formula is C15H20INO4Zn-. The quantitative estimate of drug-likeness (QED) is 0.222. The largest absolute Gasteiger partial charge is 0.595 e. The maximum absolute atomic E-state index is 11.6. The number of rotatable bonds is 4. The van der Waals surface area contributed by atoms with Gasteiger partial charge in [-0.15, -0.1) is 24.0 Å². The molecule has 22 heavy (non-hydrogen) atoms. The van der Waals surface area contributed by atoms with Crippen LogP contribution < -0.4 is 5.11 Å². The second kappa shape index (κ2) is 10.9. The van der Waals surface area contributed by atoms with Crippen molar-refractivity contribution in [1.82, 2.24) is 0 Å². The fourth-order valence-corrected chi connectivity index (χ4v) is 1.29. The van der Waals surface area contributed by atoms with Crippen LogP contribution in [0.25, 0.3) is 0 Å². The zero-order valence-corrected chi connectivity index (χ0v) is 18.4. The average Bonchev–Trinajstić information content (AvgIpc) is 2.34. The van der Waals surface area contributed by atoms with E-state index < -0.39 is 23.7 Å². The van der Waals surface area contributed by atoms with Crippen LogP contribution in [0.15, 0.2) is 35.3 Å². The van der Waals surface area contributed by atoms with Crippen molar-refractivity contribution in [1.29, 1.82) is 0 Å². The molecular weight excluding hydrogens is 450 g/mol. The third-order valence-electron chi connectivity index (χ3n) is 2.15. The molecule has 0 heterocycles. The van der Waals surface area contributed by atoms with E-state index in [4.69, 9.17) is 9.47 Å². The van der Waals surface area contributed by atoms with E-state index in [9.17, 15) is 9.90 Å². The van der Waals surface area contributed by atoms with E-state index >= 15 is 0 Å². The summed E-state index contributed by atoms with van der Waals surface area (Å²) in [5, 5.41) is 11.4. The summed E-state index contributed by atoms with van der Waals surface area (Å²) < 4.78 is 9.99. The van der Waals surface area contributed by atoms with Gasteiger partial charge in [-0.3, -0.25) is 4.99 Å². The third-order valence-corrected chi connectivity index (χ3v) is 2.15. The number of halogens is 1. The predicted octanol–water partition coefficient (Wildman–Crippen LogP) is 2.08. The third kappa shape index (κ3) is 10.1. The van der Waals surface area contributed by atoms with Crippen LogP contribution in [-0.4, -0.2) is 23.7 Å². The van der Waals surface area contributed by atoms with Gasteiger partial charge in [0, 0.05) is 25.1 Å². The van der Waals surface area contributed by atoms with Gasteiger partial charge in [0.25, 0.3) is 0 Å². The summed E-state index contributed by atoms with van der Waals surface area (Å²) in [4.78, 5) is 15.2. The second-order valence-electron chi connectivity index (χ2n) is 5.22. The van der Waals surface area contributed by atoms with Crippen LogP contribution in [0.4, 0.5) is 0 Å². The van der Waals surface area contributed by atoms with E-state index in [1.807, 2.05) is 30.3 Å². The first-order chi connectivity index (χ1) is 9.28. The number of ether oxygens (including phenoxy) is 2. The molecule has 5 nitrogen and oxygen atoms in total. The van der Waals surface area contributed by atoms with Gasteiger partial charge in [0.15, 0.2) is 0 Å². The molecule has 1 rings (SSSR count). The van der Waals surface area contributed by atoms with E-state index in [0.717, 1.165) is 5.56 Å². The van der Waals surface area contributed by atoms with Crippen LogP contribution in [0.1, 0.15) is 26.3 Å². The Bertz CT molecular complexity index is 474. The van der Waals surface area contributed by atoms with Crippen LogP contribution in [-0.2, 0) is 40.4 Å². The van der Waals surface area contributed by atoms with E-state index in [0.29, 0.717) is 0 Å². The minimum atomic E-state index is -1.13. The first-order valence-electron chi connectivity index (χ1n) is 6.25. The minimum absolute atomic E-state index is 0. The number of esters is 1. The summed E-state index contributed by atoms with van der Waals surface area (Å²) in [5.74, 6) is -0.667. The average molecular weight is 471 g/mol. The van der Waals surface area contributed by atoms with Crippen LogP contribution >= 0.6 is 24.0 Å². The van der Waals surface area contributed by atoms with E-state index in [2.05, 4.69) is 11.9 Å². The topological polar surface area (TPSA) is 71.0 Å². The van der Waals surface area contributed by atoms with Gasteiger partial charge in [-0.1, -0.05) is 51.1 Å². The molecule has 0 aliphatic rings. The Morgan fingerprint density at radius 3 is 2.36 bits per heavy atom. The van der Waals surface area contributed by atoms with E-state index in [-0.39, 0.29) is 50.1 Å². The second-order valence-corrected chi connectivity index (χ2v) is 5.22. The van der Waals surface area contributed by atoms with Gasteiger partial charge in [0.1, 0.15) is 18.7 Å². The first-order valence-corrected chi connectivity index (χ1v) is 6.25. The van der Waals surface area contributed by atoms with Gasteiger partial charge < -0.3 is 14.6 Å². The van der Waals surface area contributed by atoms with E-state index in [1.165, 1.54) is 0 Å². The summed E-state index contributed by atoms with van der Waals surface area (Å²) in [6.45, 7) is 8.74.